The van der Waals surface area contributed by atoms with Crippen LogP contribution in [0.2, 0.25) is 0 Å². The van der Waals surface area contributed by atoms with E-state index in [0.29, 0.717) is 12.8 Å². The van der Waals surface area contributed by atoms with Crippen molar-refractivity contribution in [3.8, 4) is 0 Å². The molecule has 0 spiro atoms. The topological polar surface area (TPSA) is 192 Å². The fourth-order valence-electron chi connectivity index (χ4n) is 7.63. The lowest BCUT2D eigenvalue weighted by atomic mass is 9.99. The molecule has 7 atom stereocenters. The number of carbonyl (C=O) groups excluding carboxylic acids is 1. The lowest BCUT2D eigenvalue weighted by Crippen LogP contribution is -2.61. The molecule has 1 amide bonds. The molecule has 0 bridgehead atoms. The van der Waals surface area contributed by atoms with Crippen LogP contribution in [0.5, 0.6) is 0 Å². The van der Waals surface area contributed by atoms with E-state index in [-0.39, 0.29) is 18.9 Å². The van der Waals surface area contributed by atoms with Crippen LogP contribution >= 0.6 is 0 Å². The minimum atomic E-state index is -5.07. The van der Waals surface area contributed by atoms with Crippen molar-refractivity contribution in [1.29, 1.82) is 0 Å². The molecule has 0 aromatic carbocycles. The number of aliphatic hydroxyl groups is 4. The maximum atomic E-state index is 13.0. The summed E-state index contributed by atoms with van der Waals surface area (Å²) in [5.41, 5.74) is 0. The fraction of sp³-hybridized carbons (Fsp3) is 0.933. The molecule has 344 valence electrons. The summed E-state index contributed by atoms with van der Waals surface area (Å²) in [7, 11) is -5.07. The van der Waals surface area contributed by atoms with Crippen LogP contribution in [0.4, 0.5) is 0 Å². The van der Waals surface area contributed by atoms with Crippen LogP contribution in [-0.2, 0) is 28.9 Å². The molecular weight excluding hydrogens is 763 g/mol. The van der Waals surface area contributed by atoms with Gasteiger partial charge >= 0.3 is 10.4 Å². The average Bonchev–Trinajstić information content (AvgIpc) is 3.19. The molecule has 1 aliphatic heterocycles. The number of hydrogen-bond acceptors (Lipinski definition) is 10. The van der Waals surface area contributed by atoms with Gasteiger partial charge in [-0.3, -0.25) is 9.35 Å². The molecule has 0 radical (unpaired) electrons. The second-order valence-corrected chi connectivity index (χ2v) is 17.7. The van der Waals surface area contributed by atoms with E-state index in [1.807, 2.05) is 0 Å². The Labute approximate surface area is 353 Å². The summed E-state index contributed by atoms with van der Waals surface area (Å²) in [6.07, 6.45) is 30.7. The Morgan fingerprint density at radius 2 is 1.10 bits per heavy atom. The number of unbranched alkanes of at least 4 members (excludes halogenated alkanes) is 26. The van der Waals surface area contributed by atoms with Crippen molar-refractivity contribution in [3.05, 3.63) is 12.2 Å². The predicted molar refractivity (Wildman–Crippen MR) is 232 cm³/mol. The summed E-state index contributed by atoms with van der Waals surface area (Å²) in [5.74, 6) is -0.237. The van der Waals surface area contributed by atoms with Crippen LogP contribution in [-0.4, -0.2) is 95.4 Å². The molecule has 1 rings (SSSR count). The Kier molecular flexibility index (Phi) is 34.5. The van der Waals surface area contributed by atoms with E-state index in [4.69, 9.17) is 9.47 Å². The number of nitrogens with one attached hydrogen (secondary N) is 1. The van der Waals surface area contributed by atoms with Gasteiger partial charge in [-0.1, -0.05) is 180 Å². The van der Waals surface area contributed by atoms with E-state index in [1.54, 1.807) is 0 Å². The molecule has 12 nitrogen and oxygen atoms in total. The Morgan fingerprint density at radius 1 is 0.672 bits per heavy atom. The van der Waals surface area contributed by atoms with Crippen molar-refractivity contribution in [1.82, 2.24) is 5.32 Å². The van der Waals surface area contributed by atoms with E-state index in [9.17, 15) is 38.2 Å². The van der Waals surface area contributed by atoms with Crippen molar-refractivity contribution < 1.29 is 51.8 Å². The third kappa shape index (κ3) is 29.2. The fourth-order valence-corrected chi connectivity index (χ4v) is 8.14. The van der Waals surface area contributed by atoms with Crippen LogP contribution in [0.1, 0.15) is 213 Å². The summed E-state index contributed by atoms with van der Waals surface area (Å²) in [6, 6.07) is -0.858. The summed E-state index contributed by atoms with van der Waals surface area (Å²) in [6.45, 7) is 3.44. The van der Waals surface area contributed by atoms with Crippen molar-refractivity contribution >= 4 is 16.3 Å². The minimum absolute atomic E-state index is 0.237. The summed E-state index contributed by atoms with van der Waals surface area (Å²) in [5, 5.41) is 44.8. The minimum Gasteiger partial charge on any atom is -0.394 e. The first kappa shape index (κ1) is 54.9. The molecule has 1 saturated heterocycles. The summed E-state index contributed by atoms with van der Waals surface area (Å²) >= 11 is 0. The van der Waals surface area contributed by atoms with Crippen LogP contribution in [0, 0.1) is 0 Å². The zero-order valence-corrected chi connectivity index (χ0v) is 37.4. The first-order chi connectivity index (χ1) is 28.0. The zero-order valence-electron chi connectivity index (χ0n) is 36.6. The first-order valence-corrected chi connectivity index (χ1v) is 24.9. The number of hydrogen-bond donors (Lipinski definition) is 6. The Morgan fingerprint density at radius 3 is 1.55 bits per heavy atom. The summed E-state index contributed by atoms with van der Waals surface area (Å²) in [4.78, 5) is 13.0. The number of rotatable bonds is 40. The van der Waals surface area contributed by atoms with E-state index in [0.717, 1.165) is 64.2 Å². The predicted octanol–water partition coefficient (Wildman–Crippen LogP) is 9.16. The Hall–Kier alpha value is -1.16. The highest BCUT2D eigenvalue weighted by molar-refractivity contribution is 7.80. The lowest BCUT2D eigenvalue weighted by molar-refractivity contribution is -0.298. The van der Waals surface area contributed by atoms with Crippen LogP contribution in [0.15, 0.2) is 12.2 Å². The molecule has 1 heterocycles. The second-order valence-electron chi connectivity index (χ2n) is 16.7. The Balaban J connectivity index is 2.48. The number of carbonyl (C=O) groups is 1. The number of aliphatic hydroxyl groups excluding tert-OH is 4. The van der Waals surface area contributed by atoms with Crippen LogP contribution in [0.25, 0.3) is 0 Å². The van der Waals surface area contributed by atoms with Gasteiger partial charge in [0.25, 0.3) is 0 Å². The van der Waals surface area contributed by atoms with E-state index < -0.39 is 59.9 Å². The zero-order chi connectivity index (χ0) is 42.7. The molecule has 0 aromatic rings. The monoisotopic (exact) mass is 850 g/mol. The molecular formula is C45H87NO11S. The molecule has 58 heavy (non-hydrogen) atoms. The highest BCUT2D eigenvalue weighted by Crippen LogP contribution is 2.26. The highest BCUT2D eigenvalue weighted by Gasteiger charge is 2.48. The largest absolute Gasteiger partial charge is 0.397 e. The second kappa shape index (κ2) is 36.5. The smallest absolute Gasteiger partial charge is 0.394 e. The highest BCUT2D eigenvalue weighted by atomic mass is 32.3. The molecule has 1 fully saturated rings. The first-order valence-electron chi connectivity index (χ1n) is 23.6. The average molecular weight is 850 g/mol. The molecule has 0 aromatic heterocycles. The SMILES string of the molecule is CCCCCCCCCCC/C=C\CCCCCCCC(=O)NC(COC1OC(CO)C(O)C(OS(=O)(=O)O)C1O)C(O)CCCCCCCCCCCCCCC. The van der Waals surface area contributed by atoms with Crippen molar-refractivity contribution in [2.24, 2.45) is 0 Å². The van der Waals surface area contributed by atoms with Crippen LogP contribution < -0.4 is 5.32 Å². The van der Waals surface area contributed by atoms with Gasteiger partial charge in [0, 0.05) is 6.42 Å². The van der Waals surface area contributed by atoms with Crippen molar-refractivity contribution in [2.45, 2.75) is 256 Å². The Bertz CT molecular complexity index is 1090. The van der Waals surface area contributed by atoms with Gasteiger partial charge in [-0.25, -0.2) is 4.18 Å². The molecule has 6 N–H and O–H groups in total. The number of ether oxygens (including phenoxy) is 2. The third-order valence-electron chi connectivity index (χ3n) is 11.3. The van der Waals surface area contributed by atoms with Gasteiger partial charge in [0.05, 0.1) is 25.4 Å². The van der Waals surface area contributed by atoms with Gasteiger partial charge in [-0.05, 0) is 38.5 Å². The lowest BCUT2D eigenvalue weighted by Gasteiger charge is -2.41. The number of allylic oxidation sites excluding steroid dienone is 2. The van der Waals surface area contributed by atoms with Gasteiger partial charge in [0.2, 0.25) is 5.91 Å². The maximum Gasteiger partial charge on any atom is 0.397 e. The van der Waals surface area contributed by atoms with Gasteiger partial charge in [-0.2, -0.15) is 8.42 Å². The van der Waals surface area contributed by atoms with E-state index >= 15 is 0 Å². The van der Waals surface area contributed by atoms with E-state index in [2.05, 4.69) is 35.5 Å². The van der Waals surface area contributed by atoms with Gasteiger partial charge in [-0.15, -0.1) is 0 Å². The molecule has 7 unspecified atom stereocenters. The summed E-state index contributed by atoms with van der Waals surface area (Å²) < 4.78 is 47.6. The molecule has 0 aliphatic carbocycles. The molecule has 13 heteroatoms. The quantitative estimate of drug-likeness (QED) is 0.0196. The number of amides is 1. The van der Waals surface area contributed by atoms with Gasteiger partial charge in [0.1, 0.15) is 24.4 Å². The molecule has 1 aliphatic rings. The third-order valence-corrected chi connectivity index (χ3v) is 11.8. The van der Waals surface area contributed by atoms with E-state index in [1.165, 1.54) is 116 Å². The van der Waals surface area contributed by atoms with Gasteiger partial charge in [0.15, 0.2) is 6.29 Å². The van der Waals surface area contributed by atoms with Gasteiger partial charge < -0.3 is 35.2 Å². The molecule has 0 saturated carbocycles. The normalized spacial score (nSPS) is 21.1. The maximum absolute atomic E-state index is 13.0. The standard InChI is InChI=1S/C45H87NO11S/c1-3-5-7-9-11-13-15-17-18-19-20-21-23-25-27-29-31-33-35-41(49)46-38(39(48)34-32-30-28-26-24-22-16-14-12-10-8-6-4-2)37-55-45-43(51)44(57-58(52,53)54)42(50)40(36-47)56-45/h20-21,38-40,42-45,47-48,50-51H,3-19,22-37H2,1-2H3,(H,46,49)(H,52,53,54)/b21-20-. The van der Waals surface area contributed by atoms with Crippen molar-refractivity contribution in [3.63, 3.8) is 0 Å². The van der Waals surface area contributed by atoms with Crippen molar-refractivity contribution in [2.75, 3.05) is 13.2 Å². The van der Waals surface area contributed by atoms with Crippen LogP contribution in [0.3, 0.4) is 0 Å².